The lowest BCUT2D eigenvalue weighted by Gasteiger charge is -2.22. The van der Waals surface area contributed by atoms with Crippen molar-refractivity contribution in [1.82, 2.24) is 0 Å². The van der Waals surface area contributed by atoms with Gasteiger partial charge in [-0.05, 0) is 36.2 Å². The average Bonchev–Trinajstić information content (AvgIpc) is 2.79. The lowest BCUT2D eigenvalue weighted by atomic mass is 10.1. The second-order valence-electron chi connectivity index (χ2n) is 6.31. The summed E-state index contributed by atoms with van der Waals surface area (Å²) in [5, 5.41) is 2.84. The Balaban J connectivity index is 2.00. The first-order valence-corrected chi connectivity index (χ1v) is 10.9. The molecule has 0 saturated carbocycles. The van der Waals surface area contributed by atoms with Crippen molar-refractivity contribution in [2.75, 3.05) is 22.4 Å². The molecule has 1 atom stereocenters. The molecule has 2 aromatic carbocycles. The fourth-order valence-electron chi connectivity index (χ4n) is 2.84. The number of carbonyl (C=O) groups excluding carboxylic acids is 1. The molecule has 26 heavy (non-hydrogen) atoms. The molecule has 7 heteroatoms. The summed E-state index contributed by atoms with van der Waals surface area (Å²) in [6.45, 7) is 3.86. The zero-order chi connectivity index (χ0) is 18.9. The van der Waals surface area contributed by atoms with Crippen LogP contribution in [0.5, 0.6) is 0 Å². The van der Waals surface area contributed by atoms with E-state index in [0.29, 0.717) is 17.1 Å². The molecule has 0 bridgehead atoms. The highest BCUT2D eigenvalue weighted by Crippen LogP contribution is 2.35. The van der Waals surface area contributed by atoms with Crippen molar-refractivity contribution in [3.8, 4) is 0 Å². The van der Waals surface area contributed by atoms with Gasteiger partial charge in [-0.25, -0.2) is 8.42 Å². The molecule has 0 fully saturated rings. The molecule has 0 saturated heterocycles. The summed E-state index contributed by atoms with van der Waals surface area (Å²) in [4.78, 5) is 13.1. The van der Waals surface area contributed by atoms with E-state index in [0.717, 1.165) is 16.9 Å². The van der Waals surface area contributed by atoms with Crippen LogP contribution in [-0.4, -0.2) is 27.1 Å². The predicted octanol–water partition coefficient (Wildman–Crippen LogP) is 3.75. The van der Waals surface area contributed by atoms with E-state index in [1.165, 1.54) is 4.31 Å². The zero-order valence-corrected chi connectivity index (χ0v) is 16.7. The number of rotatable bonds is 4. The number of fused-ring (bicyclic) bond motifs is 1. The Labute approximate surface area is 158 Å². The molecule has 0 spiro atoms. The molecule has 1 heterocycles. The number of nitrogens with zero attached hydrogens (tertiary/aromatic N) is 1. The fraction of sp³-hybridized carbons (Fsp3) is 0.316. The van der Waals surface area contributed by atoms with Crippen LogP contribution in [0.4, 0.5) is 11.4 Å². The number of para-hydroxylation sites is 1. The van der Waals surface area contributed by atoms with Gasteiger partial charge < -0.3 is 5.32 Å². The molecule has 2 aromatic rings. The van der Waals surface area contributed by atoms with Gasteiger partial charge >= 0.3 is 0 Å². The number of carbonyl (C=O) groups is 1. The van der Waals surface area contributed by atoms with Crippen molar-refractivity contribution in [2.24, 2.45) is 5.92 Å². The average molecular weight is 391 g/mol. The number of amides is 1. The molecule has 3 rings (SSSR count). The Morgan fingerprint density at radius 2 is 1.96 bits per heavy atom. The lowest BCUT2D eigenvalue weighted by Crippen LogP contribution is -2.27. The molecule has 5 nitrogen and oxygen atoms in total. The second-order valence-corrected chi connectivity index (χ2v) is 9.35. The number of anilines is 2. The lowest BCUT2D eigenvalue weighted by molar-refractivity contribution is -0.118. The van der Waals surface area contributed by atoms with Crippen LogP contribution >= 0.6 is 11.8 Å². The SMILES string of the molecule is CCc1ccccc1N(C)S(=O)(=O)c1ccc2c(c1)NC(=O)[C@@H](C)CS2. The number of sulfonamides is 1. The first-order chi connectivity index (χ1) is 12.3. The van der Waals surface area contributed by atoms with Gasteiger partial charge in [0.2, 0.25) is 5.91 Å². The van der Waals surface area contributed by atoms with Crippen LogP contribution in [0, 0.1) is 5.92 Å². The van der Waals surface area contributed by atoms with E-state index >= 15 is 0 Å². The van der Waals surface area contributed by atoms with E-state index in [4.69, 9.17) is 0 Å². The molecule has 1 amide bonds. The highest BCUT2D eigenvalue weighted by Gasteiger charge is 2.26. The Bertz CT molecular complexity index is 942. The minimum absolute atomic E-state index is 0.0875. The monoisotopic (exact) mass is 390 g/mol. The van der Waals surface area contributed by atoms with Gasteiger partial charge in [-0.15, -0.1) is 11.8 Å². The Morgan fingerprint density at radius 3 is 2.69 bits per heavy atom. The van der Waals surface area contributed by atoms with Gasteiger partial charge in [-0.2, -0.15) is 0 Å². The van der Waals surface area contributed by atoms with Crippen molar-refractivity contribution >= 4 is 39.1 Å². The van der Waals surface area contributed by atoms with Gasteiger partial charge in [-0.3, -0.25) is 9.10 Å². The van der Waals surface area contributed by atoms with Crippen LogP contribution in [0.25, 0.3) is 0 Å². The van der Waals surface area contributed by atoms with E-state index in [1.54, 1.807) is 43.1 Å². The van der Waals surface area contributed by atoms with Gasteiger partial charge in [0, 0.05) is 23.6 Å². The van der Waals surface area contributed by atoms with E-state index in [2.05, 4.69) is 5.32 Å². The number of hydrogen-bond acceptors (Lipinski definition) is 4. The third-order valence-electron chi connectivity index (χ3n) is 4.52. The normalized spacial score (nSPS) is 17.2. The third-order valence-corrected chi connectivity index (χ3v) is 7.62. The summed E-state index contributed by atoms with van der Waals surface area (Å²) < 4.78 is 27.6. The maximum absolute atomic E-state index is 13.1. The van der Waals surface area contributed by atoms with Crippen molar-refractivity contribution in [3.63, 3.8) is 0 Å². The van der Waals surface area contributed by atoms with Crippen LogP contribution in [0.15, 0.2) is 52.3 Å². The van der Waals surface area contributed by atoms with Crippen molar-refractivity contribution in [3.05, 3.63) is 48.0 Å². The molecular formula is C19H22N2O3S2. The van der Waals surface area contributed by atoms with Crippen LogP contribution in [-0.2, 0) is 21.2 Å². The van der Waals surface area contributed by atoms with Gasteiger partial charge in [0.05, 0.1) is 16.3 Å². The Morgan fingerprint density at radius 1 is 1.23 bits per heavy atom. The summed E-state index contributed by atoms with van der Waals surface area (Å²) in [6.07, 6.45) is 0.741. The van der Waals surface area contributed by atoms with Crippen LogP contribution in [0.1, 0.15) is 19.4 Å². The minimum atomic E-state index is -3.73. The van der Waals surface area contributed by atoms with Crippen LogP contribution < -0.4 is 9.62 Å². The molecule has 0 aromatic heterocycles. The summed E-state index contributed by atoms with van der Waals surface area (Å²) in [5.41, 5.74) is 2.19. The van der Waals surface area contributed by atoms with Gasteiger partial charge in [0.25, 0.3) is 10.0 Å². The number of hydrogen-bond donors (Lipinski definition) is 1. The third kappa shape index (κ3) is 3.46. The highest BCUT2D eigenvalue weighted by atomic mass is 32.2. The predicted molar refractivity (Wildman–Crippen MR) is 106 cm³/mol. The Kier molecular flexibility index (Phi) is 5.29. The van der Waals surface area contributed by atoms with E-state index in [1.807, 2.05) is 32.0 Å². The standard InChI is InChI=1S/C19H22N2O3S2/c1-4-14-7-5-6-8-17(14)21(3)26(23,24)15-9-10-18-16(11-15)20-19(22)13(2)12-25-18/h5-11,13H,4,12H2,1-3H3,(H,20,22)/t13-/m0/s1. The largest absolute Gasteiger partial charge is 0.325 e. The number of benzene rings is 2. The Hall–Kier alpha value is -1.99. The molecule has 1 N–H and O–H groups in total. The molecule has 0 aliphatic carbocycles. The maximum Gasteiger partial charge on any atom is 0.264 e. The quantitative estimate of drug-likeness (QED) is 0.863. The first-order valence-electron chi connectivity index (χ1n) is 8.49. The number of thioether (sulfide) groups is 1. The van der Waals surface area contributed by atoms with Crippen molar-refractivity contribution < 1.29 is 13.2 Å². The number of aryl methyl sites for hydroxylation is 1. The molecule has 138 valence electrons. The zero-order valence-electron chi connectivity index (χ0n) is 15.0. The smallest absolute Gasteiger partial charge is 0.264 e. The van der Waals surface area contributed by atoms with Crippen molar-refractivity contribution in [1.29, 1.82) is 0 Å². The molecule has 1 aliphatic rings. The minimum Gasteiger partial charge on any atom is -0.325 e. The summed E-state index contributed by atoms with van der Waals surface area (Å²) >= 11 is 1.56. The number of nitrogens with one attached hydrogen (secondary N) is 1. The van der Waals surface area contributed by atoms with E-state index in [-0.39, 0.29) is 16.7 Å². The van der Waals surface area contributed by atoms with Gasteiger partial charge in [0.1, 0.15) is 0 Å². The second kappa shape index (κ2) is 7.32. The first kappa shape index (κ1) is 18.8. The fourth-order valence-corrected chi connectivity index (χ4v) is 5.11. The summed E-state index contributed by atoms with van der Waals surface area (Å²) in [6, 6.07) is 12.4. The van der Waals surface area contributed by atoms with Crippen molar-refractivity contribution in [2.45, 2.75) is 30.1 Å². The van der Waals surface area contributed by atoms with E-state index in [9.17, 15) is 13.2 Å². The van der Waals surface area contributed by atoms with Crippen LogP contribution in [0.2, 0.25) is 0 Å². The topological polar surface area (TPSA) is 66.5 Å². The molecule has 1 aliphatic heterocycles. The van der Waals surface area contributed by atoms with E-state index < -0.39 is 10.0 Å². The highest BCUT2D eigenvalue weighted by molar-refractivity contribution is 7.99. The molecular weight excluding hydrogens is 368 g/mol. The molecule has 0 unspecified atom stereocenters. The molecule has 0 radical (unpaired) electrons. The summed E-state index contributed by atoms with van der Waals surface area (Å²) in [7, 11) is -2.17. The van der Waals surface area contributed by atoms with Gasteiger partial charge in [0.15, 0.2) is 0 Å². The van der Waals surface area contributed by atoms with Gasteiger partial charge in [-0.1, -0.05) is 32.0 Å². The summed E-state index contributed by atoms with van der Waals surface area (Å²) in [5.74, 6) is 0.469. The van der Waals surface area contributed by atoms with Crippen LogP contribution in [0.3, 0.4) is 0 Å². The maximum atomic E-state index is 13.1.